The summed E-state index contributed by atoms with van der Waals surface area (Å²) in [5.41, 5.74) is -4.17. The van der Waals surface area contributed by atoms with Gasteiger partial charge in [-0.05, 0) is 42.3 Å². The summed E-state index contributed by atoms with van der Waals surface area (Å²) in [6.45, 7) is 2.38. The molecule has 0 saturated carbocycles. The van der Waals surface area contributed by atoms with Crippen molar-refractivity contribution in [1.82, 2.24) is 49.4 Å². The van der Waals surface area contributed by atoms with Gasteiger partial charge < -0.3 is 8.83 Å². The number of halogens is 11. The predicted molar refractivity (Wildman–Crippen MR) is 228 cm³/mol. The Labute approximate surface area is 402 Å². The lowest BCUT2D eigenvalue weighted by Gasteiger charge is -2.25. The van der Waals surface area contributed by atoms with Gasteiger partial charge in [-0.15, -0.1) is 20.4 Å². The van der Waals surface area contributed by atoms with E-state index in [0.717, 1.165) is 43.7 Å². The van der Waals surface area contributed by atoms with Gasteiger partial charge >= 0.3 is 28.5 Å². The molecule has 1 N–H and O–H groups in total. The molecule has 0 aliphatic rings. The van der Waals surface area contributed by atoms with E-state index in [4.69, 9.17) is 8.83 Å². The summed E-state index contributed by atoms with van der Waals surface area (Å²) in [7, 11) is -12.4. The molecule has 19 nitrogen and oxygen atoms in total. The van der Waals surface area contributed by atoms with E-state index >= 15 is 0 Å². The number of likely N-dealkylation sites (N-methyl/N-ethyl adjacent to an activating group) is 1. The first-order chi connectivity index (χ1) is 33.5. The molecular weight excluding hydrogens is 1060 g/mol. The topological polar surface area (TPSA) is 256 Å². The van der Waals surface area contributed by atoms with Gasteiger partial charge in [-0.2, -0.15) is 39.2 Å². The van der Waals surface area contributed by atoms with Crippen LogP contribution in [0.1, 0.15) is 73.1 Å². The molecule has 0 radical (unpaired) electrons. The standard InChI is InChI=1S/C19H19F4N5O3S.C17H15F4N5O3S.C3H5F3O3S/c1-3-28(32(2,29)30)10-12(11-4-5-14(20)15(21)6-11)7-16-24-8-13(9-25-16)18-26-27-19(31-18)17(22)23;1-30(27,28)24-8-10(9-2-3-12(18)13(19)4-9)5-14-22-6-11(7-23-14)16-25-26-17(29-16)15(20)21;1-2-9-10(7,8)3(4,5)6/h4-6,8-9,12,17H,3,7,10H2,1-2H3;2-4,6-7,10,15,24H,5,8H2,1H3;2H2,1H3. The van der Waals surface area contributed by atoms with Crippen molar-refractivity contribution in [3.8, 4) is 22.9 Å². The molecule has 0 spiro atoms. The first-order valence-electron chi connectivity index (χ1n) is 20.1. The van der Waals surface area contributed by atoms with E-state index in [1.54, 1.807) is 6.92 Å². The molecule has 0 fully saturated rings. The Bertz CT molecular complexity index is 3060. The van der Waals surface area contributed by atoms with Gasteiger partial charge in [-0.3, -0.25) is 4.18 Å². The Kier molecular flexibility index (Phi) is 20.3. The molecule has 4 heterocycles. The van der Waals surface area contributed by atoms with Crippen molar-refractivity contribution >= 4 is 30.2 Å². The molecule has 4 aromatic heterocycles. The van der Waals surface area contributed by atoms with E-state index in [2.05, 4.69) is 49.2 Å². The second-order valence-electron chi connectivity index (χ2n) is 14.6. The van der Waals surface area contributed by atoms with Crippen LogP contribution in [-0.2, 0) is 47.2 Å². The molecule has 2 atom stereocenters. The molecule has 33 heteroatoms. The minimum absolute atomic E-state index is 0.00702. The second-order valence-corrected chi connectivity index (χ2v) is 20.0. The fraction of sp³-hybridized carbons (Fsp3) is 0.385. The third-order valence-corrected chi connectivity index (χ3v) is 12.4. The van der Waals surface area contributed by atoms with Crippen LogP contribution < -0.4 is 4.72 Å². The van der Waals surface area contributed by atoms with E-state index in [1.165, 1.54) is 41.2 Å². The SMILES string of the molecule is CCN(CC(Cc1ncc(-c2nnc(C(F)F)o2)cn1)c1ccc(F)c(F)c1)S(C)(=O)=O.CCOS(=O)(=O)C(F)(F)F.CS(=O)(=O)NCC(Cc1ncc(-c2nnc(C(F)F)o2)cn1)c1ccc(F)c(F)c1. The van der Waals surface area contributed by atoms with E-state index in [0.29, 0.717) is 11.1 Å². The third-order valence-electron chi connectivity index (χ3n) is 9.24. The highest BCUT2D eigenvalue weighted by Gasteiger charge is 2.47. The van der Waals surface area contributed by atoms with Gasteiger partial charge in [0.25, 0.3) is 23.6 Å². The van der Waals surface area contributed by atoms with Crippen LogP contribution in [0.15, 0.2) is 70.0 Å². The summed E-state index contributed by atoms with van der Waals surface area (Å²) in [6, 6.07) is 6.60. The van der Waals surface area contributed by atoms with Crippen LogP contribution in [0.25, 0.3) is 22.9 Å². The number of sulfonamides is 2. The first kappa shape index (κ1) is 58.4. The normalized spacial score (nSPS) is 13.1. The quantitative estimate of drug-likeness (QED) is 0.0495. The molecule has 6 rings (SSSR count). The molecule has 2 aromatic carbocycles. The van der Waals surface area contributed by atoms with Crippen LogP contribution in [-0.4, -0.2) is 114 Å². The molecule has 0 aliphatic carbocycles. The van der Waals surface area contributed by atoms with Crippen LogP contribution >= 0.6 is 0 Å². The van der Waals surface area contributed by atoms with E-state index in [9.17, 15) is 73.5 Å². The molecule has 394 valence electrons. The van der Waals surface area contributed by atoms with Gasteiger partial charge in [-0.1, -0.05) is 19.1 Å². The van der Waals surface area contributed by atoms with Gasteiger partial charge in [0.05, 0.1) is 30.2 Å². The van der Waals surface area contributed by atoms with Crippen molar-refractivity contribution in [3.63, 3.8) is 0 Å². The average Bonchev–Trinajstić information content (AvgIpc) is 4.01. The van der Waals surface area contributed by atoms with Gasteiger partial charge in [0, 0.05) is 69.1 Å². The molecule has 0 amide bonds. The van der Waals surface area contributed by atoms with Crippen molar-refractivity contribution in [2.24, 2.45) is 0 Å². The zero-order chi connectivity index (χ0) is 53.8. The molecule has 6 aromatic rings. The number of hydrogen-bond acceptors (Lipinski definition) is 17. The minimum atomic E-state index is -5.35. The Balaban J connectivity index is 0.000000264. The minimum Gasteiger partial charge on any atom is -0.415 e. The number of rotatable bonds is 19. The highest BCUT2D eigenvalue weighted by Crippen LogP contribution is 2.28. The predicted octanol–water partition coefficient (Wildman–Crippen LogP) is 6.84. The summed E-state index contributed by atoms with van der Waals surface area (Å²) >= 11 is 0. The first-order valence-corrected chi connectivity index (χ1v) is 25.3. The monoisotopic (exact) mass is 1100 g/mol. The Morgan fingerprint density at radius 2 is 1.06 bits per heavy atom. The average molecular weight is 1100 g/mol. The number of aromatic nitrogens is 8. The molecule has 0 saturated heterocycles. The zero-order valence-corrected chi connectivity index (χ0v) is 39.9. The number of nitrogens with zero attached hydrogens (tertiary/aromatic N) is 9. The summed E-state index contributed by atoms with van der Waals surface area (Å²) in [5.74, 6) is -6.89. The largest absolute Gasteiger partial charge is 0.523 e. The Morgan fingerprint density at radius 1 is 0.639 bits per heavy atom. The van der Waals surface area contributed by atoms with Crippen LogP contribution in [0.5, 0.6) is 0 Å². The molecular formula is C39H39F11N10O9S3. The molecule has 0 bridgehead atoms. The maximum atomic E-state index is 13.8. The van der Waals surface area contributed by atoms with Gasteiger partial charge in [0.1, 0.15) is 11.6 Å². The van der Waals surface area contributed by atoms with Crippen molar-refractivity contribution in [2.45, 2.75) is 56.9 Å². The highest BCUT2D eigenvalue weighted by molar-refractivity contribution is 7.88. The highest BCUT2D eigenvalue weighted by atomic mass is 32.2. The molecule has 0 aliphatic heterocycles. The third kappa shape index (κ3) is 17.3. The lowest BCUT2D eigenvalue weighted by atomic mass is 9.95. The number of hydrogen-bond donors (Lipinski definition) is 1. The summed E-state index contributed by atoms with van der Waals surface area (Å²) in [5, 5.41) is 13.4. The van der Waals surface area contributed by atoms with Crippen molar-refractivity contribution in [2.75, 3.05) is 38.8 Å². The Hall–Kier alpha value is -6.16. The van der Waals surface area contributed by atoms with E-state index in [1.807, 2.05) is 0 Å². The number of alkyl halides is 7. The smallest absolute Gasteiger partial charge is 0.415 e. The van der Waals surface area contributed by atoms with Gasteiger partial charge in [0.15, 0.2) is 23.3 Å². The zero-order valence-electron chi connectivity index (χ0n) is 37.4. The lowest BCUT2D eigenvalue weighted by Crippen LogP contribution is -2.34. The summed E-state index contributed by atoms with van der Waals surface area (Å²) < 4.78 is 222. The molecule has 2 unspecified atom stereocenters. The van der Waals surface area contributed by atoms with Gasteiger partial charge in [-0.25, -0.2) is 63.4 Å². The lowest BCUT2D eigenvalue weighted by molar-refractivity contribution is -0.0539. The van der Waals surface area contributed by atoms with E-state index in [-0.39, 0.29) is 67.0 Å². The van der Waals surface area contributed by atoms with Crippen LogP contribution in [0.4, 0.5) is 48.3 Å². The number of nitrogens with one attached hydrogen (secondary N) is 1. The number of benzene rings is 2. The second kappa shape index (κ2) is 25.0. The maximum Gasteiger partial charge on any atom is 0.523 e. The maximum absolute atomic E-state index is 13.8. The van der Waals surface area contributed by atoms with Crippen LogP contribution in [0.2, 0.25) is 0 Å². The van der Waals surface area contributed by atoms with Gasteiger partial charge in [0.2, 0.25) is 20.0 Å². The summed E-state index contributed by atoms with van der Waals surface area (Å²) in [6.07, 6.45) is 1.53. The van der Waals surface area contributed by atoms with Crippen molar-refractivity contribution in [1.29, 1.82) is 0 Å². The van der Waals surface area contributed by atoms with Crippen LogP contribution in [0, 0.1) is 23.3 Å². The van der Waals surface area contributed by atoms with Crippen molar-refractivity contribution < 1.29 is 86.6 Å². The summed E-state index contributed by atoms with van der Waals surface area (Å²) in [4.78, 5) is 16.5. The fourth-order valence-corrected chi connectivity index (χ4v) is 7.68. The fourth-order valence-electron chi connectivity index (χ4n) is 5.81. The van der Waals surface area contributed by atoms with Crippen molar-refractivity contribution in [3.05, 3.63) is 119 Å². The van der Waals surface area contributed by atoms with E-state index < -0.39 is 102 Å². The van der Waals surface area contributed by atoms with Crippen LogP contribution in [0.3, 0.4) is 0 Å². The molecule has 72 heavy (non-hydrogen) atoms. The Morgan fingerprint density at radius 3 is 1.38 bits per heavy atom.